The molecule has 2 heterocycles. The lowest BCUT2D eigenvalue weighted by molar-refractivity contribution is -0.00714. The summed E-state index contributed by atoms with van der Waals surface area (Å²) in [5.74, 6) is -0.374. The molecule has 150 valence electrons. The van der Waals surface area contributed by atoms with E-state index in [-0.39, 0.29) is 43.2 Å². The summed E-state index contributed by atoms with van der Waals surface area (Å²) in [6.07, 6.45) is 0.648. The third-order valence-corrected chi connectivity index (χ3v) is 5.32. The van der Waals surface area contributed by atoms with Gasteiger partial charge in [-0.05, 0) is 25.1 Å². The first-order valence-electron chi connectivity index (χ1n) is 8.54. The number of anilines is 1. The maximum atomic E-state index is 12.8. The predicted octanol–water partition coefficient (Wildman–Crippen LogP) is 1.65. The summed E-state index contributed by atoms with van der Waals surface area (Å²) >= 11 is 0. The van der Waals surface area contributed by atoms with E-state index in [4.69, 9.17) is 24.3 Å². The van der Waals surface area contributed by atoms with Gasteiger partial charge in [-0.2, -0.15) is 4.98 Å². The number of nitrogen functional groups attached to an aromatic ring is 1. The van der Waals surface area contributed by atoms with Gasteiger partial charge in [0.2, 0.25) is 0 Å². The number of nitrogens with zero attached hydrogens (tertiary/aromatic N) is 2. The average Bonchev–Trinajstić information content (AvgIpc) is 2.66. The van der Waals surface area contributed by atoms with Crippen LogP contribution in [0, 0.1) is 0 Å². The number of carbonyl (C=O) groups is 1. The predicted molar refractivity (Wildman–Crippen MR) is 99.2 cm³/mol. The highest BCUT2D eigenvalue weighted by molar-refractivity contribution is 7.54. The number of aromatic nitrogens is 2. The van der Waals surface area contributed by atoms with Gasteiger partial charge in [0.1, 0.15) is 23.2 Å². The van der Waals surface area contributed by atoms with Gasteiger partial charge in [-0.15, -0.1) is 0 Å². The molecule has 2 N–H and O–H groups in total. The smallest absolute Gasteiger partial charge is 0.404 e. The van der Waals surface area contributed by atoms with Crippen molar-refractivity contribution in [3.8, 4) is 5.75 Å². The second-order valence-corrected chi connectivity index (χ2v) is 7.84. The van der Waals surface area contributed by atoms with Crippen molar-refractivity contribution in [2.75, 3.05) is 25.3 Å². The monoisotopic (exact) mass is 409 g/mol. The number of hydrogen-bond donors (Lipinski definition) is 1. The second-order valence-electron chi connectivity index (χ2n) is 5.92. The van der Waals surface area contributed by atoms with Crippen LogP contribution in [-0.2, 0) is 25.1 Å². The zero-order valence-corrected chi connectivity index (χ0v) is 16.0. The molecule has 1 fully saturated rings. The molecule has 0 amide bonds. The summed E-state index contributed by atoms with van der Waals surface area (Å²) < 4.78 is 35.6. The molecule has 2 unspecified atom stereocenters. The molecule has 0 aliphatic carbocycles. The van der Waals surface area contributed by atoms with Gasteiger partial charge < -0.3 is 19.7 Å². The molecule has 2 atom stereocenters. The van der Waals surface area contributed by atoms with Gasteiger partial charge in [0, 0.05) is 6.20 Å². The van der Waals surface area contributed by atoms with Gasteiger partial charge in [0.15, 0.2) is 6.35 Å². The summed E-state index contributed by atoms with van der Waals surface area (Å²) in [6.45, 7) is 1.98. The van der Waals surface area contributed by atoms with Crippen LogP contribution in [0.2, 0.25) is 0 Å². The molecule has 1 aromatic carbocycles. The van der Waals surface area contributed by atoms with Crippen molar-refractivity contribution in [2.24, 2.45) is 0 Å². The van der Waals surface area contributed by atoms with Crippen molar-refractivity contribution in [2.45, 2.75) is 19.6 Å². The van der Waals surface area contributed by atoms with Crippen LogP contribution in [0.5, 0.6) is 5.75 Å². The van der Waals surface area contributed by atoms with Crippen LogP contribution >= 0.6 is 7.60 Å². The molecular formula is C17H20N3O7P. The Kier molecular flexibility index (Phi) is 6.13. The largest absolute Gasteiger partial charge is 0.462 e. The molecule has 3 rings (SSSR count). The van der Waals surface area contributed by atoms with Crippen LogP contribution in [0.15, 0.2) is 41.3 Å². The number of benzene rings is 1. The zero-order valence-electron chi connectivity index (χ0n) is 15.1. The average molecular weight is 409 g/mol. The summed E-state index contributed by atoms with van der Waals surface area (Å²) in [6, 6.07) is 7.78. The Balaban J connectivity index is 1.65. The highest BCUT2D eigenvalue weighted by atomic mass is 31.2. The lowest BCUT2D eigenvalue weighted by Crippen LogP contribution is -2.35. The molecule has 28 heavy (non-hydrogen) atoms. The van der Waals surface area contributed by atoms with E-state index in [9.17, 15) is 14.2 Å². The summed E-state index contributed by atoms with van der Waals surface area (Å²) in [5, 5.41) is 0. The summed E-state index contributed by atoms with van der Waals surface area (Å²) in [4.78, 5) is 27.4. The minimum atomic E-state index is -3.64. The number of carbonyl (C=O) groups excluding carboxylic acids is 1. The van der Waals surface area contributed by atoms with Crippen molar-refractivity contribution in [3.63, 3.8) is 0 Å². The lowest BCUT2D eigenvalue weighted by atomic mass is 10.2. The van der Waals surface area contributed by atoms with E-state index in [1.807, 2.05) is 0 Å². The van der Waals surface area contributed by atoms with Crippen LogP contribution in [0.25, 0.3) is 0 Å². The molecule has 1 aromatic heterocycles. The molecule has 1 aliphatic rings. The molecule has 1 saturated heterocycles. The van der Waals surface area contributed by atoms with Crippen molar-refractivity contribution in [3.05, 3.63) is 52.6 Å². The Hall–Kier alpha value is -2.68. The molecule has 10 nitrogen and oxygen atoms in total. The van der Waals surface area contributed by atoms with Crippen LogP contribution in [0.1, 0.15) is 17.3 Å². The molecule has 0 bridgehead atoms. The first kappa shape index (κ1) is 20.1. The van der Waals surface area contributed by atoms with E-state index < -0.39 is 25.4 Å². The molecule has 0 spiro atoms. The Morgan fingerprint density at radius 2 is 2.18 bits per heavy atom. The zero-order chi connectivity index (χ0) is 20.1. The summed E-state index contributed by atoms with van der Waals surface area (Å²) in [5.41, 5.74) is 5.08. The maximum absolute atomic E-state index is 12.8. The number of esters is 1. The van der Waals surface area contributed by atoms with Crippen molar-refractivity contribution in [1.29, 1.82) is 0 Å². The fourth-order valence-corrected chi connectivity index (χ4v) is 3.94. The van der Waals surface area contributed by atoms with Gasteiger partial charge >= 0.3 is 19.3 Å². The third-order valence-electron chi connectivity index (χ3n) is 3.84. The fraction of sp³-hybridized carbons (Fsp3) is 0.353. The van der Waals surface area contributed by atoms with E-state index in [1.165, 1.54) is 29.0 Å². The minimum absolute atomic E-state index is 0.0599. The molecular weight excluding hydrogens is 389 g/mol. The van der Waals surface area contributed by atoms with Gasteiger partial charge in [0.05, 0.1) is 19.8 Å². The highest BCUT2D eigenvalue weighted by Crippen LogP contribution is 2.51. The van der Waals surface area contributed by atoms with Gasteiger partial charge in [-0.3, -0.25) is 9.09 Å². The number of para-hydroxylation sites is 1. The Morgan fingerprint density at radius 1 is 1.39 bits per heavy atom. The SMILES string of the molecule is CCOC(=O)c1ccccc1OP1(=O)COC(Cn2ccc(N)nc2=O)CO1. The molecule has 1 aliphatic heterocycles. The standard InChI is InChI=1S/C17H20N3O7P/c1-2-24-16(21)13-5-3-4-6-14(13)27-28(23)11-25-12(10-26-28)9-20-8-7-15(18)19-17(20)22/h3-8,12H,2,9-11H2,1H3,(H2,18,19,22). The Bertz CT molecular complexity index is 950. The van der Waals surface area contributed by atoms with E-state index in [2.05, 4.69) is 4.98 Å². The number of ether oxygens (including phenoxy) is 2. The number of rotatable bonds is 6. The van der Waals surface area contributed by atoms with E-state index in [0.717, 1.165) is 0 Å². The Labute approximate surface area is 160 Å². The quantitative estimate of drug-likeness (QED) is 0.558. The minimum Gasteiger partial charge on any atom is -0.462 e. The maximum Gasteiger partial charge on any atom is 0.404 e. The van der Waals surface area contributed by atoms with E-state index >= 15 is 0 Å². The second kappa shape index (κ2) is 8.55. The number of hydrogen-bond acceptors (Lipinski definition) is 9. The molecule has 2 aromatic rings. The van der Waals surface area contributed by atoms with Crippen molar-refractivity contribution < 1.29 is 27.9 Å². The lowest BCUT2D eigenvalue weighted by Gasteiger charge is -2.29. The third kappa shape index (κ3) is 4.78. The van der Waals surface area contributed by atoms with Crippen LogP contribution < -0.4 is 15.9 Å². The molecule has 0 radical (unpaired) electrons. The van der Waals surface area contributed by atoms with Gasteiger partial charge in [0.25, 0.3) is 0 Å². The van der Waals surface area contributed by atoms with Crippen molar-refractivity contribution >= 4 is 19.4 Å². The normalized spacial score (nSPS) is 21.8. The van der Waals surface area contributed by atoms with Gasteiger partial charge in [-0.1, -0.05) is 12.1 Å². The fourth-order valence-electron chi connectivity index (χ4n) is 2.51. The van der Waals surface area contributed by atoms with Crippen molar-refractivity contribution in [1.82, 2.24) is 9.55 Å². The van der Waals surface area contributed by atoms with Gasteiger partial charge in [-0.25, -0.2) is 14.2 Å². The summed E-state index contributed by atoms with van der Waals surface area (Å²) in [7, 11) is -3.64. The van der Waals surface area contributed by atoms with E-state index in [0.29, 0.717) is 0 Å². The van der Waals surface area contributed by atoms with Crippen LogP contribution in [0.4, 0.5) is 5.82 Å². The Morgan fingerprint density at radius 3 is 2.86 bits per heavy atom. The molecule has 0 saturated carbocycles. The first-order chi connectivity index (χ1) is 13.4. The van der Waals surface area contributed by atoms with E-state index in [1.54, 1.807) is 19.1 Å². The highest BCUT2D eigenvalue weighted by Gasteiger charge is 2.36. The topological polar surface area (TPSA) is 132 Å². The molecule has 11 heteroatoms. The first-order valence-corrected chi connectivity index (χ1v) is 10.3. The van der Waals surface area contributed by atoms with Crippen LogP contribution in [0.3, 0.4) is 0 Å². The number of nitrogens with two attached hydrogens (primary N) is 1. The van der Waals surface area contributed by atoms with Crippen LogP contribution in [-0.4, -0.2) is 41.2 Å².